The summed E-state index contributed by atoms with van der Waals surface area (Å²) in [4.78, 5) is 3.97. The van der Waals surface area contributed by atoms with Crippen LogP contribution < -0.4 is 5.73 Å². The van der Waals surface area contributed by atoms with Crippen molar-refractivity contribution in [3.63, 3.8) is 0 Å². The van der Waals surface area contributed by atoms with Gasteiger partial charge >= 0.3 is 0 Å². The highest BCUT2D eigenvalue weighted by Crippen LogP contribution is 2.42. The van der Waals surface area contributed by atoms with Crippen LogP contribution in [0.1, 0.15) is 24.8 Å². The third-order valence-electron chi connectivity index (χ3n) is 2.60. The molecular formula is C9H10BrClN2. The quantitative estimate of drug-likeness (QED) is 0.790. The summed E-state index contributed by atoms with van der Waals surface area (Å²) in [5, 5.41) is 0.509. The molecule has 0 aliphatic heterocycles. The molecule has 1 aromatic heterocycles. The molecule has 70 valence electrons. The van der Waals surface area contributed by atoms with Crippen LogP contribution in [0.3, 0.4) is 0 Å². The predicted octanol–water partition coefficient (Wildman–Crippen LogP) is 2.84. The van der Waals surface area contributed by atoms with E-state index in [2.05, 4.69) is 20.9 Å². The van der Waals surface area contributed by atoms with E-state index in [4.69, 9.17) is 17.3 Å². The molecule has 1 aromatic rings. The van der Waals surface area contributed by atoms with E-state index >= 15 is 0 Å². The molecule has 0 unspecified atom stereocenters. The maximum Gasteiger partial charge on any atom is 0.129 e. The van der Waals surface area contributed by atoms with Crippen molar-refractivity contribution >= 4 is 27.5 Å². The van der Waals surface area contributed by atoms with Crippen molar-refractivity contribution in [2.24, 2.45) is 5.73 Å². The highest BCUT2D eigenvalue weighted by Gasteiger charge is 2.36. The topological polar surface area (TPSA) is 38.9 Å². The molecule has 2 nitrogen and oxygen atoms in total. The Bertz CT molecular complexity index is 336. The molecule has 1 aliphatic carbocycles. The Balaban J connectivity index is 2.43. The van der Waals surface area contributed by atoms with Crippen molar-refractivity contribution < 1.29 is 0 Å². The van der Waals surface area contributed by atoms with Crippen LogP contribution in [0, 0.1) is 0 Å². The average Bonchev–Trinajstić information content (AvgIpc) is 2.05. The van der Waals surface area contributed by atoms with Gasteiger partial charge in [-0.2, -0.15) is 0 Å². The number of rotatable bonds is 1. The fourth-order valence-electron chi connectivity index (χ4n) is 1.62. The van der Waals surface area contributed by atoms with Crippen LogP contribution in [0.5, 0.6) is 0 Å². The minimum atomic E-state index is -0.175. The molecule has 4 heteroatoms. The molecule has 2 rings (SSSR count). The fourth-order valence-corrected chi connectivity index (χ4v) is 2.39. The number of hydrogen-bond donors (Lipinski definition) is 1. The van der Waals surface area contributed by atoms with Crippen molar-refractivity contribution in [1.29, 1.82) is 0 Å². The number of nitrogens with zero attached hydrogens (tertiary/aromatic N) is 1. The summed E-state index contributed by atoms with van der Waals surface area (Å²) in [6, 6.07) is 1.85. The molecule has 1 saturated carbocycles. The zero-order chi connectivity index (χ0) is 9.47. The second-order valence-corrected chi connectivity index (χ2v) is 4.74. The molecule has 2 N–H and O–H groups in total. The lowest BCUT2D eigenvalue weighted by atomic mass is 9.73. The molecule has 0 atom stereocenters. The summed E-state index contributed by atoms with van der Waals surface area (Å²) in [7, 11) is 0. The van der Waals surface area contributed by atoms with Gasteiger partial charge in [0, 0.05) is 16.2 Å². The molecule has 0 amide bonds. The first-order chi connectivity index (χ1) is 6.12. The zero-order valence-corrected chi connectivity index (χ0v) is 9.40. The number of aromatic nitrogens is 1. The van der Waals surface area contributed by atoms with Crippen molar-refractivity contribution in [3.8, 4) is 0 Å². The van der Waals surface area contributed by atoms with Crippen molar-refractivity contribution in [2.45, 2.75) is 24.8 Å². The first kappa shape index (κ1) is 9.44. The van der Waals surface area contributed by atoms with Gasteiger partial charge in [-0.1, -0.05) is 11.6 Å². The third kappa shape index (κ3) is 1.60. The Labute approximate surface area is 90.6 Å². The molecule has 1 fully saturated rings. The van der Waals surface area contributed by atoms with Crippen LogP contribution in [0.15, 0.2) is 16.7 Å². The van der Waals surface area contributed by atoms with E-state index in [1.54, 1.807) is 6.20 Å². The smallest absolute Gasteiger partial charge is 0.129 e. The van der Waals surface area contributed by atoms with Crippen molar-refractivity contribution in [3.05, 3.63) is 27.5 Å². The van der Waals surface area contributed by atoms with Gasteiger partial charge in [-0.25, -0.2) is 4.98 Å². The summed E-state index contributed by atoms with van der Waals surface area (Å²) < 4.78 is 0.958. The third-order valence-corrected chi connectivity index (χ3v) is 3.44. The van der Waals surface area contributed by atoms with Gasteiger partial charge in [0.1, 0.15) is 5.15 Å². The van der Waals surface area contributed by atoms with E-state index in [1.165, 1.54) is 6.42 Å². The standard InChI is InChI=1S/C9H10BrClN2/c10-7-5-13-8(11)4-6(7)9(12)2-1-3-9/h4-5H,1-3,12H2. The fraction of sp³-hybridized carbons (Fsp3) is 0.444. The van der Waals surface area contributed by atoms with Crippen LogP contribution >= 0.6 is 27.5 Å². The molecular weight excluding hydrogens is 251 g/mol. The Morgan fingerprint density at radius 2 is 2.23 bits per heavy atom. The second kappa shape index (κ2) is 3.23. The van der Waals surface area contributed by atoms with E-state index in [0.29, 0.717) is 5.15 Å². The maximum atomic E-state index is 6.18. The molecule has 0 radical (unpaired) electrons. The molecule has 1 aliphatic rings. The summed E-state index contributed by atoms with van der Waals surface area (Å²) in [5.74, 6) is 0. The average molecular weight is 262 g/mol. The molecule has 0 bridgehead atoms. The largest absolute Gasteiger partial charge is 0.321 e. The SMILES string of the molecule is NC1(c2cc(Cl)ncc2Br)CCC1. The van der Waals surface area contributed by atoms with Crippen LogP contribution in [0.2, 0.25) is 5.15 Å². The van der Waals surface area contributed by atoms with Gasteiger partial charge < -0.3 is 5.73 Å². The van der Waals surface area contributed by atoms with Crippen molar-refractivity contribution in [1.82, 2.24) is 4.98 Å². The second-order valence-electron chi connectivity index (χ2n) is 3.50. The van der Waals surface area contributed by atoms with Crippen LogP contribution in [0.25, 0.3) is 0 Å². The lowest BCUT2D eigenvalue weighted by Gasteiger charge is -2.39. The van der Waals surface area contributed by atoms with Crippen molar-refractivity contribution in [2.75, 3.05) is 0 Å². The number of pyridine rings is 1. The highest BCUT2D eigenvalue weighted by atomic mass is 79.9. The lowest BCUT2D eigenvalue weighted by Crippen LogP contribution is -2.43. The highest BCUT2D eigenvalue weighted by molar-refractivity contribution is 9.10. The van der Waals surface area contributed by atoms with Gasteiger partial charge in [-0.05, 0) is 46.8 Å². The number of halogens is 2. The summed E-state index contributed by atoms with van der Waals surface area (Å²) in [6.07, 6.45) is 4.98. The molecule has 13 heavy (non-hydrogen) atoms. The number of hydrogen-bond acceptors (Lipinski definition) is 2. The minimum Gasteiger partial charge on any atom is -0.321 e. The summed E-state index contributed by atoms with van der Waals surface area (Å²) >= 11 is 9.26. The minimum absolute atomic E-state index is 0.175. The van der Waals surface area contributed by atoms with Gasteiger partial charge in [0.05, 0.1) is 0 Å². The van der Waals surface area contributed by atoms with E-state index < -0.39 is 0 Å². The maximum absolute atomic E-state index is 6.18. The van der Waals surface area contributed by atoms with Crippen LogP contribution in [-0.4, -0.2) is 4.98 Å². The summed E-state index contributed by atoms with van der Waals surface area (Å²) in [6.45, 7) is 0. The van der Waals surface area contributed by atoms with Gasteiger partial charge in [-0.15, -0.1) is 0 Å². The molecule has 0 spiro atoms. The van der Waals surface area contributed by atoms with Gasteiger partial charge in [0.2, 0.25) is 0 Å². The lowest BCUT2D eigenvalue weighted by molar-refractivity contribution is 0.252. The Morgan fingerprint density at radius 3 is 2.77 bits per heavy atom. The van der Waals surface area contributed by atoms with Gasteiger partial charge in [-0.3, -0.25) is 0 Å². The molecule has 0 saturated heterocycles. The first-order valence-electron chi connectivity index (χ1n) is 4.22. The molecule has 0 aromatic carbocycles. The number of nitrogens with two attached hydrogens (primary N) is 1. The Kier molecular flexibility index (Phi) is 2.34. The Hall–Kier alpha value is -0.120. The van der Waals surface area contributed by atoms with Crippen LogP contribution in [0.4, 0.5) is 0 Å². The van der Waals surface area contributed by atoms with Gasteiger partial charge in [0.15, 0.2) is 0 Å². The van der Waals surface area contributed by atoms with Crippen LogP contribution in [-0.2, 0) is 5.54 Å². The monoisotopic (exact) mass is 260 g/mol. The predicted molar refractivity (Wildman–Crippen MR) is 56.7 cm³/mol. The molecule has 1 heterocycles. The van der Waals surface area contributed by atoms with Gasteiger partial charge in [0.25, 0.3) is 0 Å². The normalized spacial score (nSPS) is 19.6. The van der Waals surface area contributed by atoms with E-state index in [1.807, 2.05) is 6.07 Å². The summed E-state index contributed by atoms with van der Waals surface area (Å²) in [5.41, 5.74) is 7.08. The van der Waals surface area contributed by atoms with E-state index in [-0.39, 0.29) is 5.54 Å². The van der Waals surface area contributed by atoms with E-state index in [0.717, 1.165) is 22.9 Å². The van der Waals surface area contributed by atoms with E-state index in [9.17, 15) is 0 Å². The zero-order valence-electron chi connectivity index (χ0n) is 7.06. The first-order valence-corrected chi connectivity index (χ1v) is 5.39. The Morgan fingerprint density at radius 1 is 1.54 bits per heavy atom.